The minimum atomic E-state index is -0.143. The predicted octanol–water partition coefficient (Wildman–Crippen LogP) is 4.01. The molecule has 1 atom stereocenters. The third kappa shape index (κ3) is 3.68. The SMILES string of the molecule is CCN(c1ccc(-c2cc(=O)c3c(OC)cc(OC)cc3o2)cc1)C1CCCN1. The van der Waals surface area contributed by atoms with E-state index in [-0.39, 0.29) is 5.43 Å². The van der Waals surface area contributed by atoms with Crippen LogP contribution in [0.5, 0.6) is 11.5 Å². The summed E-state index contributed by atoms with van der Waals surface area (Å²) in [7, 11) is 3.10. The first-order chi connectivity index (χ1) is 14.1. The number of methoxy groups -OCH3 is 2. The molecular weight excluding hydrogens is 368 g/mol. The van der Waals surface area contributed by atoms with E-state index >= 15 is 0 Å². The Hall–Kier alpha value is -2.99. The maximum Gasteiger partial charge on any atom is 0.197 e. The highest BCUT2D eigenvalue weighted by Crippen LogP contribution is 2.32. The number of rotatable bonds is 6. The Morgan fingerprint density at radius 1 is 1.14 bits per heavy atom. The fourth-order valence-corrected chi connectivity index (χ4v) is 3.98. The third-order valence-electron chi connectivity index (χ3n) is 5.46. The molecule has 2 aromatic carbocycles. The first-order valence-electron chi connectivity index (χ1n) is 9.95. The number of benzene rings is 2. The van der Waals surface area contributed by atoms with Gasteiger partial charge < -0.3 is 18.8 Å². The number of hydrogen-bond acceptors (Lipinski definition) is 6. The van der Waals surface area contributed by atoms with Gasteiger partial charge in [0.15, 0.2) is 5.43 Å². The molecule has 0 amide bonds. The van der Waals surface area contributed by atoms with Gasteiger partial charge in [0.25, 0.3) is 0 Å². The van der Waals surface area contributed by atoms with E-state index in [0.29, 0.717) is 34.4 Å². The van der Waals surface area contributed by atoms with Crippen molar-refractivity contribution in [3.63, 3.8) is 0 Å². The van der Waals surface area contributed by atoms with Crippen molar-refractivity contribution in [2.75, 3.05) is 32.2 Å². The average molecular weight is 394 g/mol. The van der Waals surface area contributed by atoms with Crippen LogP contribution in [0.2, 0.25) is 0 Å². The Kier molecular flexibility index (Phi) is 5.45. The lowest BCUT2D eigenvalue weighted by atomic mass is 10.1. The fraction of sp³-hybridized carbons (Fsp3) is 0.348. The lowest BCUT2D eigenvalue weighted by Crippen LogP contribution is -2.41. The Morgan fingerprint density at radius 2 is 1.93 bits per heavy atom. The van der Waals surface area contributed by atoms with Gasteiger partial charge in [0.1, 0.15) is 28.2 Å². The van der Waals surface area contributed by atoms with Crippen molar-refractivity contribution in [1.29, 1.82) is 0 Å². The summed E-state index contributed by atoms with van der Waals surface area (Å²) < 4.78 is 16.7. The summed E-state index contributed by atoms with van der Waals surface area (Å²) in [5, 5.41) is 3.96. The molecular formula is C23H26N2O4. The lowest BCUT2D eigenvalue weighted by molar-refractivity contribution is 0.396. The number of nitrogens with zero attached hydrogens (tertiary/aromatic N) is 1. The van der Waals surface area contributed by atoms with Crippen molar-refractivity contribution >= 4 is 16.7 Å². The standard InChI is InChI=1S/C23H26N2O4/c1-4-25(22-6-5-11-24-22)16-9-7-15(8-10-16)19-14-18(26)23-20(28-3)12-17(27-2)13-21(23)29-19/h7-10,12-14,22,24H,4-6,11H2,1-3H3. The van der Waals surface area contributed by atoms with Crippen molar-refractivity contribution in [1.82, 2.24) is 5.32 Å². The van der Waals surface area contributed by atoms with E-state index in [2.05, 4.69) is 29.3 Å². The van der Waals surface area contributed by atoms with Gasteiger partial charge in [-0.15, -0.1) is 0 Å². The van der Waals surface area contributed by atoms with Crippen molar-refractivity contribution < 1.29 is 13.9 Å². The molecule has 1 fully saturated rings. The molecule has 1 N–H and O–H groups in total. The molecule has 1 aliphatic heterocycles. The van der Waals surface area contributed by atoms with Crippen LogP contribution in [0.4, 0.5) is 5.69 Å². The van der Waals surface area contributed by atoms with Crippen molar-refractivity contribution in [2.45, 2.75) is 25.9 Å². The summed E-state index contributed by atoms with van der Waals surface area (Å²) in [5.74, 6) is 1.54. The molecule has 1 saturated heterocycles. The van der Waals surface area contributed by atoms with Crippen molar-refractivity contribution in [3.05, 3.63) is 52.7 Å². The normalized spacial score (nSPS) is 16.2. The highest BCUT2D eigenvalue weighted by Gasteiger charge is 2.21. The zero-order valence-corrected chi connectivity index (χ0v) is 17.0. The van der Waals surface area contributed by atoms with E-state index in [9.17, 15) is 4.79 Å². The van der Waals surface area contributed by atoms with E-state index in [4.69, 9.17) is 13.9 Å². The molecule has 0 aliphatic carbocycles. The predicted molar refractivity (Wildman–Crippen MR) is 115 cm³/mol. The molecule has 152 valence electrons. The Labute approximate surface area is 170 Å². The van der Waals surface area contributed by atoms with Crippen LogP contribution < -0.4 is 25.1 Å². The second kappa shape index (κ2) is 8.17. The molecule has 2 heterocycles. The summed E-state index contributed by atoms with van der Waals surface area (Å²) in [6.07, 6.45) is 2.73. The first-order valence-corrected chi connectivity index (χ1v) is 9.95. The third-order valence-corrected chi connectivity index (χ3v) is 5.46. The molecule has 0 saturated carbocycles. The zero-order chi connectivity index (χ0) is 20.4. The second-order valence-corrected chi connectivity index (χ2v) is 7.12. The van der Waals surface area contributed by atoms with E-state index in [1.54, 1.807) is 19.2 Å². The van der Waals surface area contributed by atoms with Crippen LogP contribution in [-0.2, 0) is 0 Å². The summed E-state index contributed by atoms with van der Waals surface area (Å²) in [6, 6.07) is 13.1. The smallest absolute Gasteiger partial charge is 0.197 e. The number of anilines is 1. The van der Waals surface area contributed by atoms with E-state index in [0.717, 1.165) is 30.8 Å². The number of hydrogen-bond donors (Lipinski definition) is 1. The van der Waals surface area contributed by atoms with E-state index < -0.39 is 0 Å². The van der Waals surface area contributed by atoms with Gasteiger partial charge in [-0.2, -0.15) is 0 Å². The van der Waals surface area contributed by atoms with Crippen LogP contribution in [0.25, 0.3) is 22.3 Å². The Balaban J connectivity index is 1.72. The monoisotopic (exact) mass is 394 g/mol. The molecule has 0 spiro atoms. The molecule has 1 aliphatic rings. The minimum absolute atomic E-state index is 0.143. The molecule has 3 aromatic rings. The molecule has 0 radical (unpaired) electrons. The van der Waals surface area contributed by atoms with Gasteiger partial charge in [-0.3, -0.25) is 10.1 Å². The van der Waals surface area contributed by atoms with Gasteiger partial charge in [0.2, 0.25) is 0 Å². The largest absolute Gasteiger partial charge is 0.496 e. The van der Waals surface area contributed by atoms with Crippen LogP contribution in [-0.4, -0.2) is 33.5 Å². The topological polar surface area (TPSA) is 63.9 Å². The van der Waals surface area contributed by atoms with Gasteiger partial charge in [0.05, 0.1) is 20.4 Å². The van der Waals surface area contributed by atoms with Gasteiger partial charge in [-0.1, -0.05) is 0 Å². The van der Waals surface area contributed by atoms with Crippen LogP contribution in [0.3, 0.4) is 0 Å². The zero-order valence-electron chi connectivity index (χ0n) is 17.0. The number of ether oxygens (including phenoxy) is 2. The van der Waals surface area contributed by atoms with Crippen LogP contribution in [0, 0.1) is 0 Å². The van der Waals surface area contributed by atoms with E-state index in [1.807, 2.05) is 12.1 Å². The maximum absolute atomic E-state index is 12.8. The van der Waals surface area contributed by atoms with Crippen molar-refractivity contribution in [3.8, 4) is 22.8 Å². The molecule has 0 bridgehead atoms. The Morgan fingerprint density at radius 3 is 2.55 bits per heavy atom. The molecule has 6 nitrogen and oxygen atoms in total. The molecule has 29 heavy (non-hydrogen) atoms. The van der Waals surface area contributed by atoms with Gasteiger partial charge >= 0.3 is 0 Å². The van der Waals surface area contributed by atoms with Gasteiger partial charge in [-0.05, 0) is 50.6 Å². The van der Waals surface area contributed by atoms with Crippen LogP contribution >= 0.6 is 0 Å². The first kappa shape index (κ1) is 19.3. The molecule has 6 heteroatoms. The summed E-state index contributed by atoms with van der Waals surface area (Å²) in [4.78, 5) is 15.1. The van der Waals surface area contributed by atoms with E-state index in [1.165, 1.54) is 19.6 Å². The molecule has 1 aromatic heterocycles. The summed E-state index contributed by atoms with van der Waals surface area (Å²) >= 11 is 0. The number of nitrogens with one attached hydrogen (secondary N) is 1. The van der Waals surface area contributed by atoms with Gasteiger partial charge in [-0.25, -0.2) is 0 Å². The molecule has 4 rings (SSSR count). The fourth-order valence-electron chi connectivity index (χ4n) is 3.98. The maximum atomic E-state index is 12.8. The van der Waals surface area contributed by atoms with Gasteiger partial charge in [0, 0.05) is 36.0 Å². The van der Waals surface area contributed by atoms with Crippen LogP contribution in [0.15, 0.2) is 51.7 Å². The summed E-state index contributed by atoms with van der Waals surface area (Å²) in [5.41, 5.74) is 2.31. The highest BCUT2D eigenvalue weighted by molar-refractivity contribution is 5.86. The Bertz CT molecular complexity index is 1050. The lowest BCUT2D eigenvalue weighted by Gasteiger charge is -2.30. The van der Waals surface area contributed by atoms with Crippen molar-refractivity contribution in [2.24, 2.45) is 0 Å². The molecule has 1 unspecified atom stereocenters. The second-order valence-electron chi connectivity index (χ2n) is 7.12. The minimum Gasteiger partial charge on any atom is -0.496 e. The summed E-state index contributed by atoms with van der Waals surface area (Å²) in [6.45, 7) is 4.16. The quantitative estimate of drug-likeness (QED) is 0.681. The number of fused-ring (bicyclic) bond motifs is 1. The average Bonchev–Trinajstić information content (AvgIpc) is 3.28. The highest BCUT2D eigenvalue weighted by atomic mass is 16.5. The van der Waals surface area contributed by atoms with Crippen LogP contribution in [0.1, 0.15) is 19.8 Å².